The van der Waals surface area contributed by atoms with Gasteiger partial charge in [0.2, 0.25) is 10.0 Å². The topological polar surface area (TPSA) is 84.5 Å². The van der Waals surface area contributed by atoms with Crippen molar-refractivity contribution in [3.05, 3.63) is 101 Å². The number of nitrogens with one attached hydrogen (secondary N) is 2. The minimum Gasteiger partial charge on any atom is -0.496 e. The largest absolute Gasteiger partial charge is 0.496 e. The molecule has 2 N–H and O–H groups in total. The number of methoxy groups -OCH3 is 1. The number of hydrogen-bond acceptors (Lipinski definition) is 5. The molecule has 4 aromatic rings. The van der Waals surface area contributed by atoms with E-state index < -0.39 is 10.0 Å². The molecule has 1 atom stereocenters. The van der Waals surface area contributed by atoms with E-state index >= 15 is 0 Å². The predicted octanol–water partition coefficient (Wildman–Crippen LogP) is 5.26. The first-order valence-electron chi connectivity index (χ1n) is 11.3. The zero-order valence-electron chi connectivity index (χ0n) is 19.3. The predicted molar refractivity (Wildman–Crippen MR) is 139 cm³/mol. The van der Waals surface area contributed by atoms with E-state index in [-0.39, 0.29) is 17.8 Å². The Bertz CT molecular complexity index is 1520. The second-order valence-electron chi connectivity index (χ2n) is 8.49. The van der Waals surface area contributed by atoms with Crippen LogP contribution in [0.5, 0.6) is 5.75 Å². The highest BCUT2D eigenvalue weighted by Crippen LogP contribution is 2.34. The Morgan fingerprint density at radius 2 is 1.78 bits per heavy atom. The number of carbonyl (C=O) groups excluding carboxylic acids is 1. The fourth-order valence-electron chi connectivity index (χ4n) is 4.48. The minimum absolute atomic E-state index is 0.249. The van der Waals surface area contributed by atoms with Gasteiger partial charge in [-0.2, -0.15) is 0 Å². The van der Waals surface area contributed by atoms with E-state index in [2.05, 4.69) is 10.0 Å². The van der Waals surface area contributed by atoms with Crippen molar-refractivity contribution in [2.75, 3.05) is 12.4 Å². The highest BCUT2D eigenvalue weighted by molar-refractivity contribution is 7.91. The molecule has 36 heavy (non-hydrogen) atoms. The fraction of sp³-hybridized carbons (Fsp3) is 0.148. The Labute approximate surface area is 212 Å². The Morgan fingerprint density at radius 1 is 1.00 bits per heavy atom. The van der Waals surface area contributed by atoms with E-state index in [1.165, 1.54) is 30.6 Å². The lowest BCUT2D eigenvalue weighted by atomic mass is 9.97. The SMILES string of the molecule is COc1cccc(C(=O)Nc2ccc3c(c2)CC(NS(=O)(=O)c2cccs2)C3)c1-c1ccc(F)cc1. The summed E-state index contributed by atoms with van der Waals surface area (Å²) in [7, 11) is -2.04. The lowest BCUT2D eigenvalue weighted by Crippen LogP contribution is -2.34. The van der Waals surface area contributed by atoms with Crippen LogP contribution in [0.2, 0.25) is 0 Å². The summed E-state index contributed by atoms with van der Waals surface area (Å²) in [5, 5.41) is 4.67. The third-order valence-electron chi connectivity index (χ3n) is 6.10. The van der Waals surface area contributed by atoms with Crippen LogP contribution < -0.4 is 14.8 Å². The molecule has 0 spiro atoms. The summed E-state index contributed by atoms with van der Waals surface area (Å²) in [5.74, 6) is -0.195. The van der Waals surface area contributed by atoms with Gasteiger partial charge in [-0.3, -0.25) is 4.79 Å². The third kappa shape index (κ3) is 4.90. The summed E-state index contributed by atoms with van der Waals surface area (Å²) in [6, 6.07) is 19.7. The Balaban J connectivity index is 1.35. The molecular weight excluding hydrogens is 499 g/mol. The van der Waals surface area contributed by atoms with Gasteiger partial charge in [0.1, 0.15) is 15.8 Å². The van der Waals surface area contributed by atoms with Crippen LogP contribution in [0.1, 0.15) is 21.5 Å². The van der Waals surface area contributed by atoms with Crippen LogP contribution in [0.25, 0.3) is 11.1 Å². The van der Waals surface area contributed by atoms with Gasteiger partial charge >= 0.3 is 0 Å². The first-order valence-corrected chi connectivity index (χ1v) is 13.6. The minimum atomic E-state index is -3.56. The maximum atomic E-state index is 13.5. The first kappa shape index (κ1) is 24.2. The normalized spacial score (nSPS) is 14.9. The molecule has 5 rings (SSSR count). The van der Waals surface area contributed by atoms with Crippen LogP contribution in [0.4, 0.5) is 10.1 Å². The number of ether oxygens (including phenoxy) is 1. The number of halogens is 1. The Morgan fingerprint density at radius 3 is 2.50 bits per heavy atom. The number of fused-ring (bicyclic) bond motifs is 1. The molecule has 1 unspecified atom stereocenters. The summed E-state index contributed by atoms with van der Waals surface area (Å²) in [6.45, 7) is 0. The molecular formula is C27H23FN2O4S2. The standard InChI is InChI=1S/C27H23FN2O4S2/c1-34-24-5-2-4-23(26(24)17-7-10-20(28)11-8-17)27(31)29-21-12-9-18-14-22(16-19(18)15-21)30-36(32,33)25-6-3-13-35-25/h2-13,15,22,30H,14,16H2,1H3,(H,29,31). The summed E-state index contributed by atoms with van der Waals surface area (Å²) >= 11 is 1.18. The molecule has 0 aliphatic heterocycles. The van der Waals surface area contributed by atoms with Crippen molar-refractivity contribution in [3.63, 3.8) is 0 Å². The van der Waals surface area contributed by atoms with Crippen LogP contribution in [-0.2, 0) is 22.9 Å². The molecule has 6 nitrogen and oxygen atoms in total. The third-order valence-corrected chi connectivity index (χ3v) is 9.02. The lowest BCUT2D eigenvalue weighted by molar-refractivity contribution is 0.102. The van der Waals surface area contributed by atoms with Gasteiger partial charge in [-0.05, 0) is 77.4 Å². The van der Waals surface area contributed by atoms with E-state index in [4.69, 9.17) is 4.74 Å². The number of sulfonamides is 1. The van der Waals surface area contributed by atoms with Gasteiger partial charge in [-0.15, -0.1) is 11.3 Å². The zero-order chi connectivity index (χ0) is 25.3. The number of carbonyl (C=O) groups is 1. The van der Waals surface area contributed by atoms with Gasteiger partial charge in [0.25, 0.3) is 5.91 Å². The van der Waals surface area contributed by atoms with E-state index in [0.717, 1.165) is 11.1 Å². The number of thiophene rings is 1. The number of anilines is 1. The Kier molecular flexibility index (Phi) is 6.61. The van der Waals surface area contributed by atoms with E-state index in [1.54, 1.807) is 47.8 Å². The molecule has 184 valence electrons. The second kappa shape index (κ2) is 9.85. The van der Waals surface area contributed by atoms with Gasteiger partial charge < -0.3 is 10.1 Å². The molecule has 9 heteroatoms. The maximum Gasteiger partial charge on any atom is 0.256 e. The van der Waals surface area contributed by atoms with Gasteiger partial charge in [-0.25, -0.2) is 17.5 Å². The van der Waals surface area contributed by atoms with Crippen LogP contribution in [0.15, 0.2) is 82.4 Å². The van der Waals surface area contributed by atoms with Crippen molar-refractivity contribution in [2.45, 2.75) is 23.1 Å². The number of amides is 1. The highest BCUT2D eigenvalue weighted by Gasteiger charge is 2.27. The van der Waals surface area contributed by atoms with Crippen molar-refractivity contribution in [1.29, 1.82) is 0 Å². The van der Waals surface area contributed by atoms with Crippen LogP contribution in [-0.4, -0.2) is 27.5 Å². The molecule has 1 amide bonds. The Hall–Kier alpha value is -3.53. The zero-order valence-corrected chi connectivity index (χ0v) is 21.0. The van der Waals surface area contributed by atoms with Crippen LogP contribution in [0, 0.1) is 5.82 Å². The molecule has 0 saturated carbocycles. The van der Waals surface area contributed by atoms with Crippen LogP contribution in [0.3, 0.4) is 0 Å². The molecule has 3 aromatic carbocycles. The molecule has 0 saturated heterocycles. The van der Waals surface area contributed by atoms with E-state index in [9.17, 15) is 17.6 Å². The smallest absolute Gasteiger partial charge is 0.256 e. The summed E-state index contributed by atoms with van der Waals surface area (Å²) in [4.78, 5) is 13.3. The lowest BCUT2D eigenvalue weighted by Gasteiger charge is -2.15. The van der Waals surface area contributed by atoms with Crippen LogP contribution >= 0.6 is 11.3 Å². The van der Waals surface area contributed by atoms with E-state index in [0.29, 0.717) is 45.2 Å². The van der Waals surface area contributed by atoms with Gasteiger partial charge in [0.15, 0.2) is 0 Å². The number of rotatable bonds is 7. The van der Waals surface area contributed by atoms with Crippen molar-refractivity contribution in [1.82, 2.24) is 4.72 Å². The maximum absolute atomic E-state index is 13.5. The van der Waals surface area contributed by atoms with Crippen molar-refractivity contribution >= 4 is 33.0 Å². The second-order valence-corrected chi connectivity index (χ2v) is 11.4. The monoisotopic (exact) mass is 522 g/mol. The first-order chi connectivity index (χ1) is 17.3. The molecule has 0 fully saturated rings. The quantitative estimate of drug-likeness (QED) is 0.347. The summed E-state index contributed by atoms with van der Waals surface area (Å²) in [6.07, 6.45) is 1.11. The molecule has 0 bridgehead atoms. The fourth-order valence-corrected chi connectivity index (χ4v) is 6.72. The number of hydrogen-bond donors (Lipinski definition) is 2. The molecule has 1 aliphatic carbocycles. The van der Waals surface area contributed by atoms with Gasteiger partial charge in [-0.1, -0.05) is 30.3 Å². The average Bonchev–Trinajstić information content (AvgIpc) is 3.54. The molecule has 0 radical (unpaired) electrons. The van der Waals surface area contributed by atoms with Gasteiger partial charge in [0, 0.05) is 17.3 Å². The molecule has 1 heterocycles. The highest BCUT2D eigenvalue weighted by atomic mass is 32.2. The molecule has 1 aromatic heterocycles. The van der Waals surface area contributed by atoms with Gasteiger partial charge in [0.05, 0.1) is 12.7 Å². The average molecular weight is 523 g/mol. The van der Waals surface area contributed by atoms with E-state index in [1.807, 2.05) is 18.2 Å². The molecule has 1 aliphatic rings. The summed E-state index contributed by atoms with van der Waals surface area (Å²) < 4.78 is 47.2. The van der Waals surface area contributed by atoms with Crippen molar-refractivity contribution in [3.8, 4) is 16.9 Å². The summed E-state index contributed by atoms with van der Waals surface area (Å²) in [5.41, 5.74) is 4.25. The van der Waals surface area contributed by atoms with Crippen molar-refractivity contribution < 1.29 is 22.3 Å². The number of benzene rings is 3. The van der Waals surface area contributed by atoms with Crippen molar-refractivity contribution in [2.24, 2.45) is 0 Å².